The molecular formula is C22H28N2O2S. The van der Waals surface area contributed by atoms with Crippen LogP contribution in [0.1, 0.15) is 24.8 Å². The number of rotatable bonds is 8. The van der Waals surface area contributed by atoms with E-state index >= 15 is 0 Å². The minimum absolute atomic E-state index is 0.164. The van der Waals surface area contributed by atoms with Crippen molar-refractivity contribution in [3.8, 4) is 5.75 Å². The summed E-state index contributed by atoms with van der Waals surface area (Å²) >= 11 is 1.71. The highest BCUT2D eigenvalue weighted by Crippen LogP contribution is 2.22. The van der Waals surface area contributed by atoms with Crippen LogP contribution in [0.25, 0.3) is 0 Å². The van der Waals surface area contributed by atoms with Gasteiger partial charge in [0, 0.05) is 42.7 Å². The first-order valence-electron chi connectivity index (χ1n) is 9.55. The van der Waals surface area contributed by atoms with Gasteiger partial charge in [0.05, 0.1) is 7.11 Å². The number of amides is 1. The summed E-state index contributed by atoms with van der Waals surface area (Å²) in [6.45, 7) is 3.08. The molecule has 1 saturated heterocycles. The van der Waals surface area contributed by atoms with Gasteiger partial charge < -0.3 is 10.1 Å². The number of thioether (sulfide) groups is 1. The van der Waals surface area contributed by atoms with Crippen LogP contribution in [0.4, 0.5) is 0 Å². The summed E-state index contributed by atoms with van der Waals surface area (Å²) < 4.78 is 5.16. The van der Waals surface area contributed by atoms with Crippen molar-refractivity contribution in [3.05, 3.63) is 60.2 Å². The van der Waals surface area contributed by atoms with Gasteiger partial charge in [0.25, 0.3) is 0 Å². The summed E-state index contributed by atoms with van der Waals surface area (Å²) in [6, 6.07) is 18.9. The molecule has 0 radical (unpaired) electrons. The van der Waals surface area contributed by atoms with Crippen LogP contribution in [0.15, 0.2) is 59.5 Å². The van der Waals surface area contributed by atoms with Crippen molar-refractivity contribution < 1.29 is 9.53 Å². The molecule has 0 unspecified atom stereocenters. The standard InChI is InChI=1S/C22H28N2O2S/c1-26-20-7-9-21(10-8-20)27-16-13-22(25)23-19-11-14-24(15-12-19)17-18-5-3-2-4-6-18/h2-10,19H,11-17H2,1H3,(H,23,25). The van der Waals surface area contributed by atoms with Crippen LogP contribution in [0.2, 0.25) is 0 Å². The fourth-order valence-electron chi connectivity index (χ4n) is 3.31. The number of likely N-dealkylation sites (tertiary alicyclic amines) is 1. The lowest BCUT2D eigenvalue weighted by Crippen LogP contribution is -2.44. The van der Waals surface area contributed by atoms with E-state index in [2.05, 4.69) is 40.5 Å². The van der Waals surface area contributed by atoms with Gasteiger partial charge in [0.2, 0.25) is 5.91 Å². The SMILES string of the molecule is COc1ccc(SCCC(=O)NC2CCN(Cc3ccccc3)CC2)cc1. The number of benzene rings is 2. The van der Waals surface area contributed by atoms with Gasteiger partial charge in [0.1, 0.15) is 5.75 Å². The summed E-state index contributed by atoms with van der Waals surface area (Å²) in [7, 11) is 1.67. The summed E-state index contributed by atoms with van der Waals surface area (Å²) in [5.41, 5.74) is 1.36. The number of piperidine rings is 1. The van der Waals surface area contributed by atoms with E-state index in [-0.39, 0.29) is 5.91 Å². The zero-order valence-electron chi connectivity index (χ0n) is 15.9. The Morgan fingerprint density at radius 1 is 1.11 bits per heavy atom. The van der Waals surface area contributed by atoms with E-state index < -0.39 is 0 Å². The van der Waals surface area contributed by atoms with Gasteiger partial charge in [-0.15, -0.1) is 11.8 Å². The van der Waals surface area contributed by atoms with Crippen LogP contribution in [0.5, 0.6) is 5.75 Å². The molecule has 27 heavy (non-hydrogen) atoms. The second-order valence-electron chi connectivity index (χ2n) is 6.88. The average molecular weight is 385 g/mol. The molecule has 2 aromatic rings. The Morgan fingerprint density at radius 3 is 2.48 bits per heavy atom. The average Bonchev–Trinajstić information content (AvgIpc) is 2.71. The van der Waals surface area contributed by atoms with Crippen molar-refractivity contribution in [2.45, 2.75) is 36.7 Å². The zero-order chi connectivity index (χ0) is 18.9. The Morgan fingerprint density at radius 2 is 1.81 bits per heavy atom. The number of methoxy groups -OCH3 is 1. The van der Waals surface area contributed by atoms with Gasteiger partial charge in [-0.1, -0.05) is 30.3 Å². The highest BCUT2D eigenvalue weighted by atomic mass is 32.2. The predicted octanol–water partition coefficient (Wildman–Crippen LogP) is 3.96. The molecular weight excluding hydrogens is 356 g/mol. The first-order chi connectivity index (χ1) is 13.2. The number of ether oxygens (including phenoxy) is 1. The van der Waals surface area contributed by atoms with E-state index in [9.17, 15) is 4.79 Å². The maximum atomic E-state index is 12.2. The predicted molar refractivity (Wildman–Crippen MR) is 111 cm³/mol. The lowest BCUT2D eigenvalue weighted by atomic mass is 10.0. The van der Waals surface area contributed by atoms with Gasteiger partial charge in [-0.3, -0.25) is 9.69 Å². The van der Waals surface area contributed by atoms with Crippen LogP contribution in [-0.2, 0) is 11.3 Å². The first-order valence-corrected chi connectivity index (χ1v) is 10.5. The molecule has 1 amide bonds. The third kappa shape index (κ3) is 6.60. The van der Waals surface area contributed by atoms with Gasteiger partial charge in [0.15, 0.2) is 0 Å². The van der Waals surface area contributed by atoms with Crippen molar-refractivity contribution >= 4 is 17.7 Å². The minimum Gasteiger partial charge on any atom is -0.497 e. The Hall–Kier alpha value is -1.98. The molecule has 2 aromatic carbocycles. The fraction of sp³-hybridized carbons (Fsp3) is 0.409. The molecule has 0 atom stereocenters. The van der Waals surface area contributed by atoms with Gasteiger partial charge >= 0.3 is 0 Å². The minimum atomic E-state index is 0.164. The van der Waals surface area contributed by atoms with E-state index in [0.29, 0.717) is 12.5 Å². The first kappa shape index (κ1) is 19.8. The summed E-state index contributed by atoms with van der Waals surface area (Å²) in [5, 5.41) is 3.21. The third-order valence-electron chi connectivity index (χ3n) is 4.86. The number of nitrogens with one attached hydrogen (secondary N) is 1. The second-order valence-corrected chi connectivity index (χ2v) is 8.05. The molecule has 5 heteroatoms. The number of hydrogen-bond acceptors (Lipinski definition) is 4. The molecule has 144 valence electrons. The lowest BCUT2D eigenvalue weighted by molar-refractivity contribution is -0.121. The lowest BCUT2D eigenvalue weighted by Gasteiger charge is -2.32. The molecule has 0 aromatic heterocycles. The number of carbonyl (C=O) groups is 1. The van der Waals surface area contributed by atoms with Crippen molar-refractivity contribution in [1.29, 1.82) is 0 Å². The zero-order valence-corrected chi connectivity index (χ0v) is 16.7. The quantitative estimate of drug-likeness (QED) is 0.700. The monoisotopic (exact) mass is 384 g/mol. The molecule has 1 heterocycles. The van der Waals surface area contributed by atoms with E-state index in [4.69, 9.17) is 4.74 Å². The fourth-order valence-corrected chi connectivity index (χ4v) is 4.16. The van der Waals surface area contributed by atoms with Crippen molar-refractivity contribution in [2.75, 3.05) is 26.0 Å². The van der Waals surface area contributed by atoms with E-state index in [0.717, 1.165) is 48.9 Å². The molecule has 1 aliphatic heterocycles. The highest BCUT2D eigenvalue weighted by molar-refractivity contribution is 7.99. The van der Waals surface area contributed by atoms with E-state index in [1.807, 2.05) is 24.3 Å². The molecule has 1 aliphatic rings. The molecule has 3 rings (SSSR count). The summed E-state index contributed by atoms with van der Waals surface area (Å²) in [5.74, 6) is 1.82. The van der Waals surface area contributed by atoms with Gasteiger partial charge in [-0.25, -0.2) is 0 Å². The third-order valence-corrected chi connectivity index (χ3v) is 5.87. The maximum absolute atomic E-state index is 12.2. The van der Waals surface area contributed by atoms with Crippen LogP contribution >= 0.6 is 11.8 Å². The Bertz CT molecular complexity index is 698. The molecule has 1 fully saturated rings. The van der Waals surface area contributed by atoms with Crippen molar-refractivity contribution in [2.24, 2.45) is 0 Å². The Balaban J connectivity index is 1.32. The maximum Gasteiger partial charge on any atom is 0.221 e. The van der Waals surface area contributed by atoms with E-state index in [1.165, 1.54) is 5.56 Å². The van der Waals surface area contributed by atoms with Gasteiger partial charge in [-0.2, -0.15) is 0 Å². The highest BCUT2D eigenvalue weighted by Gasteiger charge is 2.20. The molecule has 0 saturated carbocycles. The normalized spacial score (nSPS) is 15.4. The Kier molecular flexibility index (Phi) is 7.60. The second kappa shape index (κ2) is 10.4. The van der Waals surface area contributed by atoms with Crippen LogP contribution < -0.4 is 10.1 Å². The van der Waals surface area contributed by atoms with Crippen LogP contribution in [0, 0.1) is 0 Å². The van der Waals surface area contributed by atoms with E-state index in [1.54, 1.807) is 18.9 Å². The molecule has 0 spiro atoms. The molecule has 0 aliphatic carbocycles. The molecule has 1 N–H and O–H groups in total. The number of nitrogens with zero attached hydrogens (tertiary/aromatic N) is 1. The summed E-state index contributed by atoms with van der Waals surface area (Å²) in [6.07, 6.45) is 2.62. The molecule has 0 bridgehead atoms. The van der Waals surface area contributed by atoms with Crippen molar-refractivity contribution in [3.63, 3.8) is 0 Å². The van der Waals surface area contributed by atoms with Crippen LogP contribution in [0.3, 0.4) is 0 Å². The van der Waals surface area contributed by atoms with Crippen LogP contribution in [-0.4, -0.2) is 42.8 Å². The van der Waals surface area contributed by atoms with Gasteiger partial charge in [-0.05, 0) is 42.7 Å². The summed E-state index contributed by atoms with van der Waals surface area (Å²) in [4.78, 5) is 15.9. The number of carbonyl (C=O) groups excluding carboxylic acids is 1. The Labute approximate surface area is 166 Å². The number of hydrogen-bond donors (Lipinski definition) is 1. The topological polar surface area (TPSA) is 41.6 Å². The largest absolute Gasteiger partial charge is 0.497 e. The smallest absolute Gasteiger partial charge is 0.221 e. The molecule has 4 nitrogen and oxygen atoms in total. The van der Waals surface area contributed by atoms with Crippen molar-refractivity contribution in [1.82, 2.24) is 10.2 Å².